The number of hydrogen-bond donors (Lipinski definition) is 0. The van der Waals surface area contributed by atoms with Gasteiger partial charge in [-0.25, -0.2) is 15.0 Å². The van der Waals surface area contributed by atoms with Crippen molar-refractivity contribution in [3.05, 3.63) is 179 Å². The zero-order valence-electron chi connectivity index (χ0n) is 32.2. The van der Waals surface area contributed by atoms with Gasteiger partial charge >= 0.3 is 0 Å². The summed E-state index contributed by atoms with van der Waals surface area (Å²) in [5, 5.41) is 2.21. The average molecular weight is 772 g/mol. The van der Waals surface area contributed by atoms with Crippen LogP contribution in [0.1, 0.15) is 41.7 Å². The molecule has 0 spiro atoms. The summed E-state index contributed by atoms with van der Waals surface area (Å²) in [5.41, 5.74) is 9.71. The van der Waals surface area contributed by atoms with Gasteiger partial charge in [-0.1, -0.05) is 153 Å². The molecular formula is C51H37N3O3S. The zero-order valence-corrected chi connectivity index (χ0v) is 33.0. The number of aromatic nitrogens is 3. The molecule has 1 unspecified atom stereocenters. The predicted octanol–water partition coefficient (Wildman–Crippen LogP) is 12.1. The van der Waals surface area contributed by atoms with Crippen molar-refractivity contribution in [2.45, 2.75) is 29.8 Å². The Balaban J connectivity index is 1.10. The van der Waals surface area contributed by atoms with E-state index in [1.165, 1.54) is 27.6 Å². The van der Waals surface area contributed by atoms with E-state index in [-0.39, 0.29) is 5.41 Å². The third-order valence-corrected chi connectivity index (χ3v) is 12.7. The van der Waals surface area contributed by atoms with Gasteiger partial charge in [-0.2, -0.15) is 0 Å². The molecule has 2 aliphatic heterocycles. The second kappa shape index (κ2) is 13.2. The molecule has 8 aromatic rings. The van der Waals surface area contributed by atoms with Crippen molar-refractivity contribution in [2.75, 3.05) is 13.0 Å². The van der Waals surface area contributed by atoms with Gasteiger partial charge in [-0.15, -0.1) is 0 Å². The van der Waals surface area contributed by atoms with Crippen LogP contribution in [0.15, 0.2) is 157 Å². The van der Waals surface area contributed by atoms with Crippen LogP contribution in [0.4, 0.5) is 0 Å². The van der Waals surface area contributed by atoms with Gasteiger partial charge in [0.2, 0.25) is 0 Å². The third-order valence-electron chi connectivity index (χ3n) is 11.8. The highest BCUT2D eigenvalue weighted by molar-refractivity contribution is 7.99. The molecular weight excluding hydrogens is 735 g/mol. The van der Waals surface area contributed by atoms with Crippen LogP contribution in [0.2, 0.25) is 0 Å². The molecule has 0 N–H and O–H groups in total. The molecule has 0 radical (unpaired) electrons. The SMILES string of the molecule is COc1ccc(C2(c3ccc(-c4nc(-c5ccccc5)nc(-c5ccccc5)n4)cc3)C=Cc3c4c(c5cc6c(cc5c3O2)OCS6)-c2ccccc2C4(C)C)cc1. The monoisotopic (exact) mass is 771 g/mol. The fourth-order valence-corrected chi connectivity index (χ4v) is 9.73. The summed E-state index contributed by atoms with van der Waals surface area (Å²) in [5.74, 6) is 4.96. The molecule has 0 saturated carbocycles. The van der Waals surface area contributed by atoms with Crippen molar-refractivity contribution in [3.63, 3.8) is 0 Å². The van der Waals surface area contributed by atoms with E-state index in [0.29, 0.717) is 23.4 Å². The van der Waals surface area contributed by atoms with Crippen molar-refractivity contribution in [2.24, 2.45) is 0 Å². The maximum Gasteiger partial charge on any atom is 0.178 e. The topological polar surface area (TPSA) is 66.4 Å². The average Bonchev–Trinajstić information content (AvgIpc) is 3.85. The summed E-state index contributed by atoms with van der Waals surface area (Å²) < 4.78 is 19.4. The van der Waals surface area contributed by atoms with E-state index in [1.807, 2.05) is 72.8 Å². The van der Waals surface area contributed by atoms with Crippen molar-refractivity contribution in [3.8, 4) is 62.5 Å². The Bertz CT molecular complexity index is 2890. The van der Waals surface area contributed by atoms with E-state index in [2.05, 4.69) is 98.8 Å². The van der Waals surface area contributed by atoms with Gasteiger partial charge in [0.05, 0.1) is 12.0 Å². The summed E-state index contributed by atoms with van der Waals surface area (Å²) in [6.45, 7) is 4.67. The number of ether oxygens (including phenoxy) is 3. The summed E-state index contributed by atoms with van der Waals surface area (Å²) in [6.07, 6.45) is 4.51. The Kier molecular flexibility index (Phi) is 7.85. The first-order valence-corrected chi connectivity index (χ1v) is 20.4. The summed E-state index contributed by atoms with van der Waals surface area (Å²) >= 11 is 1.74. The number of methoxy groups -OCH3 is 1. The van der Waals surface area contributed by atoms with Crippen LogP contribution in [-0.2, 0) is 11.0 Å². The molecule has 11 rings (SSSR count). The summed E-state index contributed by atoms with van der Waals surface area (Å²) in [6, 6.07) is 50.1. The van der Waals surface area contributed by atoms with Crippen LogP contribution in [0.5, 0.6) is 17.2 Å². The van der Waals surface area contributed by atoms with Crippen LogP contribution in [0.25, 0.3) is 62.1 Å². The van der Waals surface area contributed by atoms with Gasteiger partial charge in [0.15, 0.2) is 23.1 Å². The first-order valence-electron chi connectivity index (χ1n) is 19.5. The van der Waals surface area contributed by atoms with Gasteiger partial charge in [0.1, 0.15) is 23.2 Å². The van der Waals surface area contributed by atoms with Crippen LogP contribution in [0.3, 0.4) is 0 Å². The van der Waals surface area contributed by atoms with Crippen molar-refractivity contribution in [1.29, 1.82) is 0 Å². The lowest BCUT2D eigenvalue weighted by Crippen LogP contribution is -2.35. The molecule has 0 bridgehead atoms. The van der Waals surface area contributed by atoms with Crippen LogP contribution >= 0.6 is 11.8 Å². The van der Waals surface area contributed by atoms with E-state index in [0.717, 1.165) is 60.9 Å². The molecule has 3 aliphatic rings. The molecule has 6 nitrogen and oxygen atoms in total. The fraction of sp³-hybridized carbons (Fsp3) is 0.118. The smallest absolute Gasteiger partial charge is 0.178 e. The minimum Gasteiger partial charge on any atom is -0.497 e. The Hall–Kier alpha value is -6.70. The van der Waals surface area contributed by atoms with E-state index in [9.17, 15) is 0 Å². The predicted molar refractivity (Wildman–Crippen MR) is 232 cm³/mol. The molecule has 3 heterocycles. The zero-order chi connectivity index (χ0) is 39.0. The van der Waals surface area contributed by atoms with Crippen molar-refractivity contribution < 1.29 is 14.2 Å². The van der Waals surface area contributed by atoms with Crippen LogP contribution in [-0.4, -0.2) is 28.0 Å². The molecule has 1 aromatic heterocycles. The number of benzene rings is 7. The Morgan fingerprint density at radius 2 is 1.22 bits per heavy atom. The van der Waals surface area contributed by atoms with E-state index in [4.69, 9.17) is 29.2 Å². The normalized spacial score (nSPS) is 16.8. The molecule has 0 fully saturated rings. The quantitative estimate of drug-likeness (QED) is 0.167. The van der Waals surface area contributed by atoms with Crippen LogP contribution < -0.4 is 14.2 Å². The fourth-order valence-electron chi connectivity index (χ4n) is 8.96. The Labute approximate surface area is 341 Å². The van der Waals surface area contributed by atoms with Crippen molar-refractivity contribution >= 4 is 28.6 Å². The lowest BCUT2D eigenvalue weighted by Gasteiger charge is -2.38. The number of hydrogen-bond acceptors (Lipinski definition) is 7. The number of fused-ring (bicyclic) bond motifs is 9. The summed E-state index contributed by atoms with van der Waals surface area (Å²) in [7, 11) is 1.69. The maximum absolute atomic E-state index is 7.62. The minimum atomic E-state index is -0.979. The minimum absolute atomic E-state index is 0.246. The first-order chi connectivity index (χ1) is 28.4. The summed E-state index contributed by atoms with van der Waals surface area (Å²) in [4.78, 5) is 16.1. The number of thioether (sulfide) groups is 1. The van der Waals surface area contributed by atoms with Gasteiger partial charge in [0.25, 0.3) is 0 Å². The van der Waals surface area contributed by atoms with Crippen molar-refractivity contribution in [1.82, 2.24) is 15.0 Å². The molecule has 1 aliphatic carbocycles. The molecule has 280 valence electrons. The van der Waals surface area contributed by atoms with Gasteiger partial charge < -0.3 is 14.2 Å². The molecule has 58 heavy (non-hydrogen) atoms. The first kappa shape index (κ1) is 34.5. The molecule has 0 amide bonds. The number of rotatable bonds is 6. The molecule has 0 saturated heterocycles. The van der Waals surface area contributed by atoms with E-state index in [1.54, 1.807) is 18.9 Å². The van der Waals surface area contributed by atoms with E-state index >= 15 is 0 Å². The van der Waals surface area contributed by atoms with Crippen LogP contribution in [0, 0.1) is 0 Å². The lowest BCUT2D eigenvalue weighted by atomic mass is 9.76. The maximum atomic E-state index is 7.62. The molecule has 7 heteroatoms. The van der Waals surface area contributed by atoms with E-state index < -0.39 is 5.60 Å². The highest BCUT2D eigenvalue weighted by Crippen LogP contribution is 2.59. The second-order valence-electron chi connectivity index (χ2n) is 15.4. The molecule has 7 aromatic carbocycles. The van der Waals surface area contributed by atoms with Gasteiger partial charge in [-0.05, 0) is 58.0 Å². The standard InChI is InChI=1S/C51H37N3O3S/c1-50(2)41-17-11-10-16-37(41)44-39-29-43-42(56-30-58-43)28-40(39)46-38(45(44)50)26-27-51(57-46,35-22-24-36(55-3)25-23-35)34-20-18-33(19-21-34)49-53-47(31-12-6-4-7-13-31)52-48(54-49)32-14-8-5-9-15-32/h4-29H,30H2,1-3H3. The lowest BCUT2D eigenvalue weighted by molar-refractivity contribution is 0.163. The molecule has 1 atom stereocenters. The highest BCUT2D eigenvalue weighted by Gasteiger charge is 2.44. The second-order valence-corrected chi connectivity index (χ2v) is 16.4. The number of nitrogens with zero attached hydrogens (tertiary/aromatic N) is 3. The third kappa shape index (κ3) is 5.30. The van der Waals surface area contributed by atoms with Gasteiger partial charge in [-0.3, -0.25) is 0 Å². The largest absolute Gasteiger partial charge is 0.497 e. The highest BCUT2D eigenvalue weighted by atomic mass is 32.2. The van der Waals surface area contributed by atoms with Gasteiger partial charge in [0, 0.05) is 44.2 Å². The Morgan fingerprint density at radius 1 is 0.638 bits per heavy atom. The Morgan fingerprint density at radius 3 is 1.86 bits per heavy atom.